The molecule has 0 saturated carbocycles. The van der Waals surface area contributed by atoms with Gasteiger partial charge in [0.2, 0.25) is 0 Å². The summed E-state index contributed by atoms with van der Waals surface area (Å²) < 4.78 is 0. The van der Waals surface area contributed by atoms with E-state index in [4.69, 9.17) is 0 Å². The topological polar surface area (TPSA) is 39.1 Å². The first-order valence-electron chi connectivity index (χ1n) is 7.64. The van der Waals surface area contributed by atoms with Crippen LogP contribution in [0.5, 0.6) is 5.75 Å². The maximum atomic E-state index is 9.73. The molecule has 1 aliphatic heterocycles. The van der Waals surface area contributed by atoms with E-state index in [2.05, 4.69) is 45.3 Å². The highest BCUT2D eigenvalue weighted by Crippen LogP contribution is 2.13. The SMILES string of the molecule is Oc1ccccc1C=NN1CCN(Cc2ccccc2)CC1. The molecule has 0 aromatic heterocycles. The predicted molar refractivity (Wildman–Crippen MR) is 89.0 cm³/mol. The summed E-state index contributed by atoms with van der Waals surface area (Å²) in [6.45, 7) is 4.84. The van der Waals surface area contributed by atoms with E-state index >= 15 is 0 Å². The van der Waals surface area contributed by atoms with Crippen LogP contribution in [0.15, 0.2) is 59.7 Å². The summed E-state index contributed by atoms with van der Waals surface area (Å²) >= 11 is 0. The second kappa shape index (κ2) is 7.09. The Balaban J connectivity index is 1.51. The van der Waals surface area contributed by atoms with Gasteiger partial charge in [-0.2, -0.15) is 5.10 Å². The molecule has 1 aliphatic rings. The number of hydrazone groups is 1. The van der Waals surface area contributed by atoms with Crippen LogP contribution in [-0.4, -0.2) is 47.4 Å². The Morgan fingerprint density at radius 3 is 2.32 bits per heavy atom. The summed E-state index contributed by atoms with van der Waals surface area (Å²) in [7, 11) is 0. The number of hydrogen-bond donors (Lipinski definition) is 1. The smallest absolute Gasteiger partial charge is 0.124 e. The van der Waals surface area contributed by atoms with Gasteiger partial charge < -0.3 is 5.11 Å². The monoisotopic (exact) mass is 295 g/mol. The van der Waals surface area contributed by atoms with Gasteiger partial charge in [0.25, 0.3) is 0 Å². The van der Waals surface area contributed by atoms with Gasteiger partial charge in [0.1, 0.15) is 5.75 Å². The van der Waals surface area contributed by atoms with E-state index in [-0.39, 0.29) is 5.75 Å². The zero-order valence-corrected chi connectivity index (χ0v) is 12.6. The van der Waals surface area contributed by atoms with Gasteiger partial charge in [-0.1, -0.05) is 42.5 Å². The molecule has 1 fully saturated rings. The molecule has 4 nitrogen and oxygen atoms in total. The minimum Gasteiger partial charge on any atom is -0.507 e. The van der Waals surface area contributed by atoms with Crippen LogP contribution in [0, 0.1) is 0 Å². The van der Waals surface area contributed by atoms with Crippen LogP contribution in [0.1, 0.15) is 11.1 Å². The average molecular weight is 295 g/mol. The van der Waals surface area contributed by atoms with Gasteiger partial charge in [-0.05, 0) is 17.7 Å². The van der Waals surface area contributed by atoms with Crippen molar-refractivity contribution in [1.29, 1.82) is 0 Å². The van der Waals surface area contributed by atoms with Gasteiger partial charge in [0.15, 0.2) is 0 Å². The highest BCUT2D eigenvalue weighted by Gasteiger charge is 2.15. The fourth-order valence-corrected chi connectivity index (χ4v) is 2.59. The van der Waals surface area contributed by atoms with Crippen molar-refractivity contribution >= 4 is 6.21 Å². The molecule has 3 rings (SSSR count). The number of aromatic hydroxyl groups is 1. The molecule has 1 heterocycles. The maximum absolute atomic E-state index is 9.73. The Kier molecular flexibility index (Phi) is 4.71. The van der Waals surface area contributed by atoms with E-state index in [9.17, 15) is 5.11 Å². The van der Waals surface area contributed by atoms with Gasteiger partial charge in [0, 0.05) is 38.3 Å². The summed E-state index contributed by atoms with van der Waals surface area (Å²) in [5, 5.41) is 16.3. The molecule has 2 aromatic rings. The molecule has 0 unspecified atom stereocenters. The van der Waals surface area contributed by atoms with E-state index in [1.165, 1.54) is 5.56 Å². The van der Waals surface area contributed by atoms with Crippen molar-refractivity contribution in [2.75, 3.05) is 26.2 Å². The fourth-order valence-electron chi connectivity index (χ4n) is 2.59. The quantitative estimate of drug-likeness (QED) is 0.881. The molecule has 0 spiro atoms. The van der Waals surface area contributed by atoms with Gasteiger partial charge in [-0.3, -0.25) is 9.91 Å². The summed E-state index contributed by atoms with van der Waals surface area (Å²) in [5.74, 6) is 0.272. The Labute approximate surface area is 131 Å². The third-order valence-electron chi connectivity index (χ3n) is 3.89. The Morgan fingerprint density at radius 1 is 0.909 bits per heavy atom. The Bertz CT molecular complexity index is 619. The molecule has 1 saturated heterocycles. The van der Waals surface area contributed by atoms with Gasteiger partial charge in [-0.15, -0.1) is 0 Å². The number of phenolic OH excluding ortho intramolecular Hbond substituents is 1. The zero-order valence-electron chi connectivity index (χ0n) is 12.6. The van der Waals surface area contributed by atoms with Crippen LogP contribution < -0.4 is 0 Å². The van der Waals surface area contributed by atoms with E-state index in [0.29, 0.717) is 0 Å². The largest absolute Gasteiger partial charge is 0.507 e. The van der Waals surface area contributed by atoms with Gasteiger partial charge >= 0.3 is 0 Å². The maximum Gasteiger partial charge on any atom is 0.124 e. The number of piperazine rings is 1. The predicted octanol–water partition coefficient (Wildman–Crippen LogP) is 2.54. The van der Waals surface area contributed by atoms with Crippen molar-refractivity contribution in [3.05, 3.63) is 65.7 Å². The van der Waals surface area contributed by atoms with E-state index in [0.717, 1.165) is 38.3 Å². The highest BCUT2D eigenvalue weighted by atomic mass is 16.3. The van der Waals surface area contributed by atoms with Crippen molar-refractivity contribution in [2.24, 2.45) is 5.10 Å². The summed E-state index contributed by atoms with van der Waals surface area (Å²) in [6.07, 6.45) is 1.74. The molecular weight excluding hydrogens is 274 g/mol. The molecule has 22 heavy (non-hydrogen) atoms. The molecular formula is C18H21N3O. The molecule has 114 valence electrons. The third kappa shape index (κ3) is 3.86. The van der Waals surface area contributed by atoms with Gasteiger partial charge in [0.05, 0.1) is 6.21 Å². The number of nitrogens with zero attached hydrogens (tertiary/aromatic N) is 3. The minimum atomic E-state index is 0.272. The lowest BCUT2D eigenvalue weighted by molar-refractivity contribution is 0.131. The summed E-state index contributed by atoms with van der Waals surface area (Å²) in [4.78, 5) is 2.45. The van der Waals surface area contributed by atoms with Crippen LogP contribution >= 0.6 is 0 Å². The highest BCUT2D eigenvalue weighted by molar-refractivity contribution is 5.82. The lowest BCUT2D eigenvalue weighted by Gasteiger charge is -2.33. The standard InChI is InChI=1S/C18H21N3O/c22-18-9-5-4-8-17(18)14-19-21-12-10-20(11-13-21)15-16-6-2-1-3-7-16/h1-9,14,22H,10-13,15H2. The second-order valence-corrected chi connectivity index (χ2v) is 5.52. The van der Waals surface area contributed by atoms with Crippen LogP contribution in [0.25, 0.3) is 0 Å². The first kappa shape index (κ1) is 14.6. The molecule has 0 bridgehead atoms. The first-order chi connectivity index (χ1) is 10.8. The van der Waals surface area contributed by atoms with Crippen LogP contribution in [0.4, 0.5) is 0 Å². The van der Waals surface area contributed by atoms with Crippen molar-refractivity contribution in [3.8, 4) is 5.75 Å². The lowest BCUT2D eigenvalue weighted by atomic mass is 10.2. The second-order valence-electron chi connectivity index (χ2n) is 5.52. The Morgan fingerprint density at radius 2 is 1.59 bits per heavy atom. The molecule has 4 heteroatoms. The minimum absolute atomic E-state index is 0.272. The van der Waals surface area contributed by atoms with Crippen LogP contribution in [-0.2, 0) is 6.54 Å². The van der Waals surface area contributed by atoms with Crippen molar-refractivity contribution < 1.29 is 5.11 Å². The normalized spacial score (nSPS) is 16.3. The third-order valence-corrected chi connectivity index (χ3v) is 3.89. The number of para-hydroxylation sites is 1. The summed E-state index contributed by atoms with van der Waals surface area (Å²) in [5.41, 5.74) is 2.11. The van der Waals surface area contributed by atoms with E-state index in [1.54, 1.807) is 12.3 Å². The lowest BCUT2D eigenvalue weighted by Crippen LogP contribution is -2.43. The zero-order chi connectivity index (χ0) is 15.2. The average Bonchev–Trinajstić information content (AvgIpc) is 2.56. The molecule has 0 amide bonds. The number of hydrogen-bond acceptors (Lipinski definition) is 4. The Hall–Kier alpha value is -2.33. The van der Waals surface area contributed by atoms with Crippen molar-refractivity contribution in [3.63, 3.8) is 0 Å². The number of rotatable bonds is 4. The van der Waals surface area contributed by atoms with E-state index in [1.807, 2.05) is 18.2 Å². The molecule has 0 atom stereocenters. The van der Waals surface area contributed by atoms with E-state index < -0.39 is 0 Å². The van der Waals surface area contributed by atoms with Gasteiger partial charge in [-0.25, -0.2) is 0 Å². The number of benzene rings is 2. The molecule has 2 aromatic carbocycles. The van der Waals surface area contributed by atoms with Crippen LogP contribution in [0.3, 0.4) is 0 Å². The fraction of sp³-hybridized carbons (Fsp3) is 0.278. The van der Waals surface area contributed by atoms with Crippen molar-refractivity contribution in [1.82, 2.24) is 9.91 Å². The first-order valence-corrected chi connectivity index (χ1v) is 7.64. The number of phenols is 1. The van der Waals surface area contributed by atoms with Crippen LogP contribution in [0.2, 0.25) is 0 Å². The molecule has 0 aliphatic carbocycles. The summed E-state index contributed by atoms with van der Waals surface area (Å²) in [6, 6.07) is 17.8. The molecule has 1 N–H and O–H groups in total. The van der Waals surface area contributed by atoms with Crippen molar-refractivity contribution in [2.45, 2.75) is 6.54 Å². The molecule has 0 radical (unpaired) electrons.